The lowest BCUT2D eigenvalue weighted by Gasteiger charge is -2.13. The first kappa shape index (κ1) is 13.3. The van der Waals surface area contributed by atoms with Crippen molar-refractivity contribution in [1.82, 2.24) is 0 Å². The van der Waals surface area contributed by atoms with Gasteiger partial charge in [-0.3, -0.25) is 0 Å². The molecule has 0 saturated heterocycles. The van der Waals surface area contributed by atoms with Crippen molar-refractivity contribution >= 4 is 21.6 Å². The molecule has 0 heterocycles. The maximum Gasteiger partial charge on any atom is 0.134 e. The highest BCUT2D eigenvalue weighted by Gasteiger charge is 2.09. The number of benzene rings is 1. The molecule has 0 spiro atoms. The molecule has 0 aliphatic rings. The van der Waals surface area contributed by atoms with Gasteiger partial charge in [-0.15, -0.1) is 0 Å². The Kier molecular flexibility index (Phi) is 5.11. The zero-order valence-electron chi connectivity index (χ0n) is 10.0. The van der Waals surface area contributed by atoms with Crippen LogP contribution in [0.2, 0.25) is 0 Å². The van der Waals surface area contributed by atoms with Gasteiger partial charge >= 0.3 is 0 Å². The molecule has 0 saturated carbocycles. The van der Waals surface area contributed by atoms with E-state index in [0.29, 0.717) is 0 Å². The molecular weight excluding hydrogens is 236 g/mol. The molecule has 0 aliphatic heterocycles. The normalized spacial score (nSPS) is 10.5. The predicted molar refractivity (Wildman–Crippen MR) is 74.8 cm³/mol. The van der Waals surface area contributed by atoms with Crippen molar-refractivity contribution in [2.75, 3.05) is 7.11 Å². The Labute approximate surface area is 106 Å². The SMILES string of the molecule is COc1ccccc1C#CSSC(C)(C)C. The van der Waals surface area contributed by atoms with Crippen LogP contribution in [0.4, 0.5) is 0 Å². The molecule has 0 aliphatic carbocycles. The minimum Gasteiger partial charge on any atom is -0.495 e. The fourth-order valence-electron chi connectivity index (χ4n) is 0.970. The first-order chi connectivity index (χ1) is 7.53. The van der Waals surface area contributed by atoms with Crippen LogP contribution in [0, 0.1) is 11.2 Å². The van der Waals surface area contributed by atoms with E-state index in [9.17, 15) is 0 Å². The van der Waals surface area contributed by atoms with Crippen LogP contribution in [0.1, 0.15) is 26.3 Å². The van der Waals surface area contributed by atoms with Crippen molar-refractivity contribution in [2.24, 2.45) is 0 Å². The van der Waals surface area contributed by atoms with Gasteiger partial charge in [-0.1, -0.05) is 49.6 Å². The minimum atomic E-state index is 0.236. The molecule has 1 aromatic carbocycles. The summed E-state index contributed by atoms with van der Waals surface area (Å²) in [6.07, 6.45) is 0. The van der Waals surface area contributed by atoms with E-state index < -0.39 is 0 Å². The quantitative estimate of drug-likeness (QED) is 0.577. The largest absolute Gasteiger partial charge is 0.495 e. The summed E-state index contributed by atoms with van der Waals surface area (Å²) in [6.45, 7) is 6.53. The molecule has 3 heteroatoms. The van der Waals surface area contributed by atoms with E-state index >= 15 is 0 Å². The van der Waals surface area contributed by atoms with Gasteiger partial charge in [0.05, 0.1) is 12.7 Å². The van der Waals surface area contributed by atoms with Crippen LogP contribution >= 0.6 is 21.6 Å². The molecule has 0 fully saturated rings. The molecule has 86 valence electrons. The zero-order valence-corrected chi connectivity index (χ0v) is 11.7. The van der Waals surface area contributed by atoms with Crippen LogP contribution in [0.15, 0.2) is 24.3 Å². The first-order valence-electron chi connectivity index (χ1n) is 5.01. The number of methoxy groups -OCH3 is 1. The standard InChI is InChI=1S/C13H16OS2/c1-13(2,3)16-15-10-9-11-7-5-6-8-12(11)14-4/h5-8H,1-4H3. The second kappa shape index (κ2) is 6.12. The van der Waals surface area contributed by atoms with Crippen molar-refractivity contribution in [1.29, 1.82) is 0 Å². The second-order valence-corrected chi connectivity index (χ2v) is 6.97. The summed E-state index contributed by atoms with van der Waals surface area (Å²) < 4.78 is 5.46. The van der Waals surface area contributed by atoms with Gasteiger partial charge in [0.15, 0.2) is 0 Å². The molecule has 0 bridgehead atoms. The Balaban J connectivity index is 2.63. The van der Waals surface area contributed by atoms with E-state index in [4.69, 9.17) is 4.74 Å². The number of hydrogen-bond acceptors (Lipinski definition) is 3. The maximum absolute atomic E-state index is 5.22. The van der Waals surface area contributed by atoms with E-state index in [1.165, 1.54) is 0 Å². The van der Waals surface area contributed by atoms with Crippen molar-refractivity contribution in [2.45, 2.75) is 25.5 Å². The van der Waals surface area contributed by atoms with Crippen LogP contribution in [-0.4, -0.2) is 11.9 Å². The molecule has 0 N–H and O–H groups in total. The van der Waals surface area contributed by atoms with Crippen LogP contribution < -0.4 is 4.74 Å². The molecule has 0 aromatic heterocycles. The van der Waals surface area contributed by atoms with Crippen molar-refractivity contribution < 1.29 is 4.74 Å². The predicted octanol–water partition coefficient (Wildman–Crippen LogP) is 4.18. The summed E-state index contributed by atoms with van der Waals surface area (Å²) in [7, 11) is 5.01. The highest BCUT2D eigenvalue weighted by Crippen LogP contribution is 2.34. The van der Waals surface area contributed by atoms with Gasteiger partial charge in [0.2, 0.25) is 0 Å². The van der Waals surface area contributed by atoms with E-state index in [2.05, 4.69) is 31.9 Å². The van der Waals surface area contributed by atoms with Gasteiger partial charge in [-0.25, -0.2) is 0 Å². The van der Waals surface area contributed by atoms with Gasteiger partial charge < -0.3 is 4.74 Å². The van der Waals surface area contributed by atoms with Gasteiger partial charge in [0.1, 0.15) is 5.75 Å². The number of hydrogen-bond donors (Lipinski definition) is 0. The van der Waals surface area contributed by atoms with Gasteiger partial charge in [0, 0.05) is 4.75 Å². The molecule has 0 radical (unpaired) electrons. The molecule has 0 amide bonds. The summed E-state index contributed by atoms with van der Waals surface area (Å²) in [5, 5.41) is 3.08. The second-order valence-electron chi connectivity index (χ2n) is 4.21. The van der Waals surface area contributed by atoms with E-state index in [1.54, 1.807) is 28.7 Å². The lowest BCUT2D eigenvalue weighted by Crippen LogP contribution is -2.03. The average Bonchev–Trinajstić information content (AvgIpc) is 2.23. The maximum atomic E-state index is 5.22. The number of para-hydroxylation sites is 1. The summed E-state index contributed by atoms with van der Waals surface area (Å²) in [6, 6.07) is 7.80. The van der Waals surface area contributed by atoms with Gasteiger partial charge in [-0.2, -0.15) is 0 Å². The van der Waals surface area contributed by atoms with Gasteiger partial charge in [0.25, 0.3) is 0 Å². The molecule has 0 unspecified atom stereocenters. The number of rotatable bonds is 2. The van der Waals surface area contributed by atoms with Crippen molar-refractivity contribution in [3.05, 3.63) is 29.8 Å². The Hall–Kier alpha value is -0.720. The molecular formula is C13H16OS2. The molecule has 0 atom stereocenters. The van der Waals surface area contributed by atoms with Crippen LogP contribution in [0.25, 0.3) is 0 Å². The van der Waals surface area contributed by atoms with Crippen LogP contribution in [0.3, 0.4) is 0 Å². The lowest BCUT2D eigenvalue weighted by molar-refractivity contribution is 0.413. The smallest absolute Gasteiger partial charge is 0.134 e. The summed E-state index contributed by atoms with van der Waals surface area (Å²) in [5.74, 6) is 3.93. The zero-order chi connectivity index (χ0) is 12.0. The Morgan fingerprint density at radius 3 is 2.50 bits per heavy atom. The Morgan fingerprint density at radius 2 is 1.88 bits per heavy atom. The van der Waals surface area contributed by atoms with Crippen LogP contribution in [-0.2, 0) is 0 Å². The summed E-state index contributed by atoms with van der Waals surface area (Å²) in [4.78, 5) is 0. The third kappa shape index (κ3) is 4.87. The molecule has 1 aromatic rings. The molecule has 1 rings (SSSR count). The summed E-state index contributed by atoms with van der Waals surface area (Å²) >= 11 is 0. The third-order valence-corrected chi connectivity index (χ3v) is 4.39. The molecule has 1 nitrogen and oxygen atoms in total. The minimum absolute atomic E-state index is 0.236. The first-order valence-corrected chi connectivity index (χ1v) is 7.16. The van der Waals surface area contributed by atoms with E-state index in [-0.39, 0.29) is 4.75 Å². The highest BCUT2D eigenvalue weighted by molar-refractivity contribution is 8.79. The fraction of sp³-hybridized carbons (Fsp3) is 0.385. The Morgan fingerprint density at radius 1 is 1.19 bits per heavy atom. The fourth-order valence-corrected chi connectivity index (χ4v) is 2.41. The monoisotopic (exact) mass is 252 g/mol. The summed E-state index contributed by atoms with van der Waals surface area (Å²) in [5.41, 5.74) is 0.937. The highest BCUT2D eigenvalue weighted by atomic mass is 33.1. The van der Waals surface area contributed by atoms with Crippen molar-refractivity contribution in [3.63, 3.8) is 0 Å². The van der Waals surface area contributed by atoms with E-state index in [1.807, 2.05) is 24.3 Å². The van der Waals surface area contributed by atoms with Crippen LogP contribution in [0.5, 0.6) is 5.75 Å². The lowest BCUT2D eigenvalue weighted by atomic mass is 10.2. The third-order valence-electron chi connectivity index (χ3n) is 1.63. The van der Waals surface area contributed by atoms with Gasteiger partial charge in [-0.05, 0) is 28.2 Å². The number of ether oxygens (including phenoxy) is 1. The van der Waals surface area contributed by atoms with Crippen molar-refractivity contribution in [3.8, 4) is 16.9 Å². The Bertz CT molecular complexity index is 396. The molecule has 16 heavy (non-hydrogen) atoms. The average molecular weight is 252 g/mol. The van der Waals surface area contributed by atoms with E-state index in [0.717, 1.165) is 11.3 Å². The topological polar surface area (TPSA) is 9.23 Å².